The Kier molecular flexibility index (Phi) is 6.65. The molecule has 4 rings (SSSR count). The van der Waals surface area contributed by atoms with E-state index in [1.165, 1.54) is 24.0 Å². The van der Waals surface area contributed by atoms with E-state index >= 15 is 0 Å². The Morgan fingerprint density at radius 2 is 1.88 bits per heavy atom. The molecule has 0 unspecified atom stereocenters. The Balaban J connectivity index is 1.60. The highest BCUT2D eigenvalue weighted by Crippen LogP contribution is 2.31. The van der Waals surface area contributed by atoms with Crippen molar-refractivity contribution in [2.45, 2.75) is 13.3 Å². The van der Waals surface area contributed by atoms with Gasteiger partial charge in [0.2, 0.25) is 0 Å². The first kappa shape index (κ1) is 23.1. The number of esters is 1. The molecule has 0 aliphatic carbocycles. The molecular weight excluding hydrogens is 462 g/mol. The first-order chi connectivity index (χ1) is 16.4. The monoisotopic (exact) mass is 481 g/mol. The maximum absolute atomic E-state index is 13.3. The minimum absolute atomic E-state index is 0.145. The van der Waals surface area contributed by atoms with Crippen molar-refractivity contribution in [3.8, 4) is 5.75 Å². The van der Waals surface area contributed by atoms with Crippen molar-refractivity contribution in [3.63, 3.8) is 0 Å². The maximum Gasteiger partial charge on any atom is 0.310 e. The second-order valence-electron chi connectivity index (χ2n) is 7.36. The average molecular weight is 482 g/mol. The van der Waals surface area contributed by atoms with Crippen LogP contribution in [0.2, 0.25) is 5.02 Å². The van der Waals surface area contributed by atoms with Crippen molar-refractivity contribution >= 4 is 46.1 Å². The second-order valence-corrected chi connectivity index (χ2v) is 7.80. The van der Waals surface area contributed by atoms with E-state index in [0.717, 1.165) is 0 Å². The van der Waals surface area contributed by atoms with Crippen LogP contribution in [-0.2, 0) is 20.7 Å². The highest BCUT2D eigenvalue weighted by Gasteiger charge is 2.23. The SMILES string of the molecule is COc1ccc2c(c1)c(CC(=O)OCC(=O)Nc1ccon1)c(C)n2C(=O)c1ccc(Cl)cc1. The van der Waals surface area contributed by atoms with Gasteiger partial charge in [0.1, 0.15) is 12.0 Å². The molecule has 34 heavy (non-hydrogen) atoms. The van der Waals surface area contributed by atoms with Gasteiger partial charge in [-0.15, -0.1) is 0 Å². The van der Waals surface area contributed by atoms with E-state index in [1.807, 2.05) is 0 Å². The molecule has 0 fully saturated rings. The average Bonchev–Trinajstić information content (AvgIpc) is 3.43. The summed E-state index contributed by atoms with van der Waals surface area (Å²) in [6.45, 7) is 1.26. The molecule has 1 amide bonds. The fourth-order valence-corrected chi connectivity index (χ4v) is 3.72. The van der Waals surface area contributed by atoms with Crippen molar-refractivity contribution < 1.29 is 28.4 Å². The van der Waals surface area contributed by atoms with E-state index in [1.54, 1.807) is 49.4 Å². The number of nitrogens with zero attached hydrogens (tertiary/aromatic N) is 2. The van der Waals surface area contributed by atoms with E-state index in [0.29, 0.717) is 38.5 Å². The number of fused-ring (bicyclic) bond motifs is 1. The molecule has 1 N–H and O–H groups in total. The highest BCUT2D eigenvalue weighted by molar-refractivity contribution is 6.30. The molecule has 0 atom stereocenters. The summed E-state index contributed by atoms with van der Waals surface area (Å²) in [6, 6.07) is 13.3. The molecular formula is C24H20ClN3O6. The normalized spacial score (nSPS) is 10.8. The molecule has 0 saturated carbocycles. The number of anilines is 1. The van der Waals surface area contributed by atoms with Crippen molar-refractivity contribution in [1.82, 2.24) is 9.72 Å². The number of hydrogen-bond acceptors (Lipinski definition) is 7. The Bertz CT molecular complexity index is 1360. The minimum Gasteiger partial charge on any atom is -0.497 e. The number of hydrogen-bond donors (Lipinski definition) is 1. The fourth-order valence-electron chi connectivity index (χ4n) is 3.59. The molecule has 0 radical (unpaired) electrons. The Morgan fingerprint density at radius 1 is 1.12 bits per heavy atom. The first-order valence-electron chi connectivity index (χ1n) is 10.2. The van der Waals surface area contributed by atoms with E-state index < -0.39 is 18.5 Å². The van der Waals surface area contributed by atoms with Gasteiger partial charge in [-0.1, -0.05) is 16.8 Å². The van der Waals surface area contributed by atoms with Crippen LogP contribution in [0.1, 0.15) is 21.6 Å². The Morgan fingerprint density at radius 3 is 2.56 bits per heavy atom. The zero-order valence-corrected chi connectivity index (χ0v) is 19.1. The van der Waals surface area contributed by atoms with Gasteiger partial charge in [0.25, 0.3) is 11.8 Å². The van der Waals surface area contributed by atoms with Gasteiger partial charge in [0.15, 0.2) is 12.4 Å². The number of carbonyl (C=O) groups excluding carboxylic acids is 3. The quantitative estimate of drug-likeness (QED) is 0.397. The van der Waals surface area contributed by atoms with Gasteiger partial charge in [-0.25, -0.2) is 0 Å². The Hall–Kier alpha value is -4.11. The van der Waals surface area contributed by atoms with E-state index in [-0.39, 0.29) is 18.1 Å². The van der Waals surface area contributed by atoms with Crippen LogP contribution in [0.3, 0.4) is 0 Å². The van der Waals surface area contributed by atoms with Gasteiger partial charge in [0, 0.05) is 27.7 Å². The van der Waals surface area contributed by atoms with Crippen LogP contribution in [0.5, 0.6) is 5.75 Å². The molecule has 9 nitrogen and oxygen atoms in total. The van der Waals surface area contributed by atoms with E-state index in [4.69, 9.17) is 21.1 Å². The molecule has 0 aliphatic heterocycles. The number of ether oxygens (including phenoxy) is 2. The van der Waals surface area contributed by atoms with Crippen LogP contribution in [0.25, 0.3) is 10.9 Å². The molecule has 0 saturated heterocycles. The molecule has 2 aromatic heterocycles. The molecule has 4 aromatic rings. The lowest BCUT2D eigenvalue weighted by atomic mass is 10.1. The summed E-state index contributed by atoms with van der Waals surface area (Å²) >= 11 is 5.95. The topological polar surface area (TPSA) is 113 Å². The summed E-state index contributed by atoms with van der Waals surface area (Å²) < 4.78 is 16.6. The summed E-state index contributed by atoms with van der Waals surface area (Å²) in [6.07, 6.45) is 1.16. The van der Waals surface area contributed by atoms with Crippen LogP contribution in [0, 0.1) is 6.92 Å². The lowest BCUT2D eigenvalue weighted by molar-refractivity contribution is -0.146. The summed E-state index contributed by atoms with van der Waals surface area (Å²) in [7, 11) is 1.53. The molecule has 0 bridgehead atoms. The fraction of sp³-hybridized carbons (Fsp3) is 0.167. The number of nitrogens with one attached hydrogen (secondary N) is 1. The number of rotatable bonds is 7. The number of methoxy groups -OCH3 is 1. The number of benzene rings is 2. The summed E-state index contributed by atoms with van der Waals surface area (Å²) in [5, 5.41) is 7.19. The third-order valence-electron chi connectivity index (χ3n) is 5.23. The third kappa shape index (κ3) is 4.79. The van der Waals surface area contributed by atoms with Gasteiger partial charge in [-0.05, 0) is 55.0 Å². The molecule has 2 heterocycles. The van der Waals surface area contributed by atoms with Gasteiger partial charge in [-0.2, -0.15) is 0 Å². The molecule has 0 aliphatic rings. The van der Waals surface area contributed by atoms with Gasteiger partial charge in [0.05, 0.1) is 19.0 Å². The van der Waals surface area contributed by atoms with Crippen molar-refractivity contribution in [3.05, 3.63) is 76.6 Å². The molecule has 2 aromatic carbocycles. The molecule has 10 heteroatoms. The van der Waals surface area contributed by atoms with Crippen LogP contribution in [0.4, 0.5) is 5.82 Å². The van der Waals surface area contributed by atoms with Gasteiger partial charge in [-0.3, -0.25) is 19.0 Å². The molecule has 0 spiro atoms. The zero-order chi connectivity index (χ0) is 24.2. The molecule has 174 valence electrons. The van der Waals surface area contributed by atoms with Crippen LogP contribution in [-0.4, -0.2) is 41.2 Å². The third-order valence-corrected chi connectivity index (χ3v) is 5.48. The van der Waals surface area contributed by atoms with Crippen LogP contribution >= 0.6 is 11.6 Å². The number of carbonyl (C=O) groups is 3. The number of halogens is 1. The standard InChI is InChI=1S/C24H20ClN3O6/c1-14-18(12-23(30)33-13-22(29)26-21-9-10-34-27-21)19-11-17(32-2)7-8-20(19)28(14)24(31)15-3-5-16(25)6-4-15/h3-11H,12-13H2,1-2H3,(H,26,27,29). The van der Waals surface area contributed by atoms with Crippen molar-refractivity contribution in [1.29, 1.82) is 0 Å². The van der Waals surface area contributed by atoms with E-state index in [9.17, 15) is 14.4 Å². The number of amides is 1. The summed E-state index contributed by atoms with van der Waals surface area (Å²) in [5.41, 5.74) is 2.23. The van der Waals surface area contributed by atoms with Gasteiger partial charge >= 0.3 is 5.97 Å². The van der Waals surface area contributed by atoms with Crippen LogP contribution in [0.15, 0.2) is 59.3 Å². The minimum atomic E-state index is -0.626. The van der Waals surface area contributed by atoms with Gasteiger partial charge < -0.3 is 19.3 Å². The maximum atomic E-state index is 13.3. The lowest BCUT2D eigenvalue weighted by Gasteiger charge is -2.08. The Labute approximate surface area is 199 Å². The highest BCUT2D eigenvalue weighted by atomic mass is 35.5. The van der Waals surface area contributed by atoms with Crippen LogP contribution < -0.4 is 10.1 Å². The first-order valence-corrected chi connectivity index (χ1v) is 10.6. The zero-order valence-electron chi connectivity index (χ0n) is 18.3. The van der Waals surface area contributed by atoms with E-state index in [2.05, 4.69) is 15.0 Å². The summed E-state index contributed by atoms with van der Waals surface area (Å²) in [4.78, 5) is 37.9. The lowest BCUT2D eigenvalue weighted by Crippen LogP contribution is -2.22. The smallest absolute Gasteiger partial charge is 0.310 e. The largest absolute Gasteiger partial charge is 0.497 e. The number of aromatic nitrogens is 2. The van der Waals surface area contributed by atoms with Crippen molar-refractivity contribution in [2.24, 2.45) is 0 Å². The predicted molar refractivity (Wildman–Crippen MR) is 124 cm³/mol. The predicted octanol–water partition coefficient (Wildman–Crippen LogP) is 4.01. The van der Waals surface area contributed by atoms with Crippen molar-refractivity contribution in [2.75, 3.05) is 19.0 Å². The second kappa shape index (κ2) is 9.80. The summed E-state index contributed by atoms with van der Waals surface area (Å²) in [5.74, 6) is -0.658.